The third-order valence-corrected chi connectivity index (χ3v) is 6.63. The lowest BCUT2D eigenvalue weighted by Gasteiger charge is -2.24. The van der Waals surface area contributed by atoms with Crippen LogP contribution in [0.2, 0.25) is 0 Å². The molecule has 1 fully saturated rings. The Morgan fingerprint density at radius 2 is 1.89 bits per heavy atom. The molecule has 35 heavy (non-hydrogen) atoms. The van der Waals surface area contributed by atoms with Crippen molar-refractivity contribution < 1.29 is 19.1 Å². The van der Waals surface area contributed by atoms with Gasteiger partial charge in [-0.15, -0.1) is 0 Å². The van der Waals surface area contributed by atoms with Gasteiger partial charge in [0.2, 0.25) is 0 Å². The lowest BCUT2D eigenvalue weighted by Crippen LogP contribution is -2.36. The molecule has 0 radical (unpaired) electrons. The van der Waals surface area contributed by atoms with E-state index in [9.17, 15) is 14.4 Å². The number of aryl methyl sites for hydroxylation is 1. The minimum Gasteiger partial charge on any atom is -0.376 e. The van der Waals surface area contributed by atoms with Crippen molar-refractivity contribution in [2.45, 2.75) is 39.0 Å². The number of ether oxygens (including phenoxy) is 1. The van der Waals surface area contributed by atoms with Crippen molar-refractivity contribution in [1.82, 2.24) is 14.8 Å². The van der Waals surface area contributed by atoms with Gasteiger partial charge in [-0.05, 0) is 60.7 Å². The summed E-state index contributed by atoms with van der Waals surface area (Å²) in [4.78, 5) is 46.8. The summed E-state index contributed by atoms with van der Waals surface area (Å²) in [5, 5.41) is 0. The van der Waals surface area contributed by atoms with Gasteiger partial charge in [-0.1, -0.05) is 30.3 Å². The van der Waals surface area contributed by atoms with Crippen molar-refractivity contribution in [2.75, 3.05) is 13.2 Å². The fourth-order valence-electron chi connectivity index (χ4n) is 4.67. The Kier molecular flexibility index (Phi) is 6.42. The van der Waals surface area contributed by atoms with Gasteiger partial charge in [0, 0.05) is 37.7 Å². The van der Waals surface area contributed by atoms with E-state index in [1.165, 1.54) is 4.90 Å². The van der Waals surface area contributed by atoms with E-state index >= 15 is 0 Å². The zero-order valence-corrected chi connectivity index (χ0v) is 19.6. The van der Waals surface area contributed by atoms with Gasteiger partial charge in [-0.2, -0.15) is 0 Å². The smallest absolute Gasteiger partial charge is 0.261 e. The molecule has 0 N–H and O–H groups in total. The Labute approximate surface area is 204 Å². The topological polar surface area (TPSA) is 79.8 Å². The highest BCUT2D eigenvalue weighted by molar-refractivity contribution is 6.22. The van der Waals surface area contributed by atoms with Crippen LogP contribution in [0.3, 0.4) is 0 Å². The predicted molar refractivity (Wildman–Crippen MR) is 130 cm³/mol. The molecule has 0 saturated carbocycles. The molecular weight excluding hydrogens is 442 g/mol. The second-order valence-electron chi connectivity index (χ2n) is 9.07. The predicted octanol–water partition coefficient (Wildman–Crippen LogP) is 4.01. The van der Waals surface area contributed by atoms with Gasteiger partial charge in [0.25, 0.3) is 17.7 Å². The summed E-state index contributed by atoms with van der Waals surface area (Å²) in [5.74, 6) is -0.905. The van der Waals surface area contributed by atoms with Gasteiger partial charge in [0.1, 0.15) is 0 Å². The van der Waals surface area contributed by atoms with Crippen LogP contribution in [0.5, 0.6) is 0 Å². The van der Waals surface area contributed by atoms with Gasteiger partial charge in [0.15, 0.2) is 0 Å². The molecule has 7 heteroatoms. The number of benzene rings is 2. The average molecular weight is 470 g/mol. The Morgan fingerprint density at radius 1 is 1.06 bits per heavy atom. The van der Waals surface area contributed by atoms with Gasteiger partial charge in [0.05, 0.1) is 23.8 Å². The van der Waals surface area contributed by atoms with Crippen molar-refractivity contribution in [3.63, 3.8) is 0 Å². The summed E-state index contributed by atoms with van der Waals surface area (Å²) in [6, 6.07) is 16.5. The van der Waals surface area contributed by atoms with Gasteiger partial charge in [-0.3, -0.25) is 24.3 Å². The van der Waals surface area contributed by atoms with E-state index in [0.717, 1.165) is 29.5 Å². The molecule has 2 aromatic carbocycles. The number of hydrogen-bond acceptors (Lipinski definition) is 5. The molecule has 1 aromatic heterocycles. The van der Waals surface area contributed by atoms with E-state index in [4.69, 9.17) is 4.74 Å². The molecule has 1 unspecified atom stereocenters. The number of nitrogens with zero attached hydrogens (tertiary/aromatic N) is 3. The second kappa shape index (κ2) is 9.80. The van der Waals surface area contributed by atoms with Crippen LogP contribution in [0, 0.1) is 6.92 Å². The number of rotatable bonds is 7. The molecule has 2 aliphatic heterocycles. The zero-order valence-electron chi connectivity index (χ0n) is 19.6. The van der Waals surface area contributed by atoms with E-state index in [2.05, 4.69) is 4.98 Å². The summed E-state index contributed by atoms with van der Waals surface area (Å²) < 4.78 is 5.61. The molecule has 3 heterocycles. The fraction of sp³-hybridized carbons (Fsp3) is 0.286. The average Bonchev–Trinajstić information content (AvgIpc) is 3.48. The van der Waals surface area contributed by atoms with Crippen molar-refractivity contribution >= 4 is 17.7 Å². The highest BCUT2D eigenvalue weighted by Crippen LogP contribution is 2.27. The van der Waals surface area contributed by atoms with E-state index in [0.29, 0.717) is 30.8 Å². The molecule has 7 nitrogen and oxygen atoms in total. The maximum Gasteiger partial charge on any atom is 0.261 e. The number of pyridine rings is 1. The fourth-order valence-corrected chi connectivity index (χ4v) is 4.67. The molecule has 3 amide bonds. The van der Waals surface area contributed by atoms with Crippen molar-refractivity contribution in [2.24, 2.45) is 0 Å². The minimum absolute atomic E-state index is 0.123. The molecule has 0 spiro atoms. The van der Waals surface area contributed by atoms with E-state index in [-0.39, 0.29) is 35.9 Å². The van der Waals surface area contributed by atoms with Gasteiger partial charge < -0.3 is 9.64 Å². The number of fused-ring (bicyclic) bond motifs is 1. The molecule has 1 atom stereocenters. The quantitative estimate of drug-likeness (QED) is 0.489. The molecule has 0 aliphatic carbocycles. The molecule has 178 valence electrons. The maximum absolute atomic E-state index is 13.7. The SMILES string of the molecule is Cc1ccccc1CN(Cc1cccnc1)C(=O)c1ccc2c(c1)C(=O)N(CC1CCCO1)C2=O. The van der Waals surface area contributed by atoms with E-state index in [1.807, 2.05) is 43.3 Å². The summed E-state index contributed by atoms with van der Waals surface area (Å²) in [5.41, 5.74) is 4.03. The Morgan fingerprint density at radius 3 is 2.63 bits per heavy atom. The molecule has 0 bridgehead atoms. The summed E-state index contributed by atoms with van der Waals surface area (Å²) in [6.45, 7) is 3.70. The first-order valence-electron chi connectivity index (χ1n) is 11.9. The molecule has 2 aliphatic rings. The van der Waals surface area contributed by atoms with E-state index in [1.54, 1.807) is 35.5 Å². The summed E-state index contributed by atoms with van der Waals surface area (Å²) in [6.07, 6.45) is 5.08. The van der Waals surface area contributed by atoms with Crippen LogP contribution in [-0.4, -0.2) is 51.8 Å². The lowest BCUT2D eigenvalue weighted by molar-refractivity contribution is 0.0475. The molecule has 5 rings (SSSR count). The van der Waals surface area contributed by atoms with Crippen LogP contribution in [-0.2, 0) is 17.8 Å². The standard InChI is InChI=1S/C28H27N3O4/c1-19-6-2-3-8-22(19)17-30(16-20-7-4-12-29-15-20)26(32)21-10-11-24-25(14-21)28(34)31(27(24)33)18-23-9-5-13-35-23/h2-4,6-8,10-12,14-15,23H,5,9,13,16-18H2,1H3. The first kappa shape index (κ1) is 22.9. The molecule has 3 aromatic rings. The Hall–Kier alpha value is -3.84. The first-order chi connectivity index (χ1) is 17.0. The number of hydrogen-bond donors (Lipinski definition) is 0. The Balaban J connectivity index is 1.42. The minimum atomic E-state index is -0.368. The highest BCUT2D eigenvalue weighted by Gasteiger charge is 2.38. The van der Waals surface area contributed by atoms with Crippen LogP contribution in [0.25, 0.3) is 0 Å². The van der Waals surface area contributed by atoms with Crippen LogP contribution >= 0.6 is 0 Å². The first-order valence-corrected chi connectivity index (χ1v) is 11.9. The van der Waals surface area contributed by atoms with Crippen LogP contribution in [0.1, 0.15) is 60.6 Å². The highest BCUT2D eigenvalue weighted by atomic mass is 16.5. The molecular formula is C28H27N3O4. The van der Waals surface area contributed by atoms with Crippen LogP contribution in [0.15, 0.2) is 67.0 Å². The number of amides is 3. The van der Waals surface area contributed by atoms with Crippen molar-refractivity contribution in [3.8, 4) is 0 Å². The lowest BCUT2D eigenvalue weighted by atomic mass is 10.0. The normalized spacial score (nSPS) is 17.1. The van der Waals surface area contributed by atoms with Crippen molar-refractivity contribution in [1.29, 1.82) is 0 Å². The monoisotopic (exact) mass is 469 g/mol. The third kappa shape index (κ3) is 4.72. The molecule has 1 saturated heterocycles. The number of carbonyl (C=O) groups excluding carboxylic acids is 3. The largest absolute Gasteiger partial charge is 0.376 e. The number of aromatic nitrogens is 1. The number of carbonyl (C=O) groups is 3. The van der Waals surface area contributed by atoms with E-state index < -0.39 is 0 Å². The van der Waals surface area contributed by atoms with Crippen LogP contribution < -0.4 is 0 Å². The maximum atomic E-state index is 13.7. The summed E-state index contributed by atoms with van der Waals surface area (Å²) in [7, 11) is 0. The Bertz CT molecular complexity index is 1270. The van der Waals surface area contributed by atoms with Gasteiger partial charge >= 0.3 is 0 Å². The van der Waals surface area contributed by atoms with Gasteiger partial charge in [-0.25, -0.2) is 0 Å². The van der Waals surface area contributed by atoms with Crippen LogP contribution in [0.4, 0.5) is 0 Å². The van der Waals surface area contributed by atoms with Crippen molar-refractivity contribution in [3.05, 3.63) is 100 Å². The second-order valence-corrected chi connectivity index (χ2v) is 9.07. The zero-order chi connectivity index (χ0) is 24.4. The number of imide groups is 1. The summed E-state index contributed by atoms with van der Waals surface area (Å²) >= 11 is 0. The third-order valence-electron chi connectivity index (χ3n) is 6.63.